The molecule has 0 fully saturated rings. The zero-order chi connectivity index (χ0) is 18.5. The van der Waals surface area contributed by atoms with Crippen LogP contribution in [0.4, 0.5) is 0 Å². The molecule has 0 aliphatic rings. The third-order valence-corrected chi connectivity index (χ3v) is 4.50. The molecule has 3 rings (SSSR count). The van der Waals surface area contributed by atoms with Gasteiger partial charge in [-0.2, -0.15) is 5.10 Å². The van der Waals surface area contributed by atoms with E-state index in [0.29, 0.717) is 5.02 Å². The highest BCUT2D eigenvalue weighted by Crippen LogP contribution is 2.25. The number of rotatable bonds is 6. The summed E-state index contributed by atoms with van der Waals surface area (Å²) in [5, 5.41) is 20.4. The fourth-order valence-corrected chi connectivity index (χ4v) is 2.97. The predicted molar refractivity (Wildman–Crippen MR) is 102 cm³/mol. The number of aliphatic hydroxyl groups excluding tert-OH is 1. The Kier molecular flexibility index (Phi) is 5.71. The van der Waals surface area contributed by atoms with E-state index < -0.39 is 6.04 Å². The molecule has 0 saturated heterocycles. The van der Waals surface area contributed by atoms with Crippen LogP contribution >= 0.6 is 11.6 Å². The molecule has 0 radical (unpaired) electrons. The number of nitrogens with one attached hydrogen (secondary N) is 2. The number of H-pyrrole nitrogens is 1. The van der Waals surface area contributed by atoms with Gasteiger partial charge in [-0.25, -0.2) is 0 Å². The number of halogens is 1. The highest BCUT2D eigenvalue weighted by atomic mass is 35.5. The predicted octanol–water partition coefficient (Wildman–Crippen LogP) is 3.43. The van der Waals surface area contributed by atoms with Crippen LogP contribution < -0.4 is 5.32 Å². The molecule has 1 heterocycles. The van der Waals surface area contributed by atoms with Crippen molar-refractivity contribution in [1.29, 1.82) is 0 Å². The van der Waals surface area contributed by atoms with Crippen molar-refractivity contribution in [2.75, 3.05) is 6.61 Å². The zero-order valence-electron chi connectivity index (χ0n) is 14.4. The molecule has 2 aromatic carbocycles. The van der Waals surface area contributed by atoms with E-state index in [-0.39, 0.29) is 18.9 Å². The second-order valence-electron chi connectivity index (χ2n) is 6.07. The number of amides is 1. The highest BCUT2D eigenvalue weighted by molar-refractivity contribution is 6.30. The molecule has 5 nitrogen and oxygen atoms in total. The van der Waals surface area contributed by atoms with Crippen LogP contribution in [0.2, 0.25) is 5.02 Å². The van der Waals surface area contributed by atoms with Gasteiger partial charge in [-0.1, -0.05) is 54.1 Å². The molecule has 1 atom stereocenters. The van der Waals surface area contributed by atoms with Gasteiger partial charge in [-0.05, 0) is 24.6 Å². The molecule has 1 aromatic heterocycles. The SMILES string of the molecule is Cc1[nH]nc(-c2ccc(Cl)cc2)c1CC(=O)N[C@@H](CO)c1ccccc1. The van der Waals surface area contributed by atoms with Gasteiger partial charge in [-0.3, -0.25) is 9.89 Å². The van der Waals surface area contributed by atoms with Crippen molar-refractivity contribution >= 4 is 17.5 Å². The molecule has 0 unspecified atom stereocenters. The Labute approximate surface area is 157 Å². The van der Waals surface area contributed by atoms with Gasteiger partial charge in [0.15, 0.2) is 0 Å². The Morgan fingerprint density at radius 1 is 1.19 bits per heavy atom. The Bertz CT molecular complexity index is 876. The molecular formula is C20H20ClN3O2. The number of carbonyl (C=O) groups excluding carboxylic acids is 1. The zero-order valence-corrected chi connectivity index (χ0v) is 15.1. The summed E-state index contributed by atoms with van der Waals surface area (Å²) >= 11 is 5.94. The Morgan fingerprint density at radius 2 is 1.88 bits per heavy atom. The van der Waals surface area contributed by atoms with Crippen LogP contribution in [0, 0.1) is 6.92 Å². The summed E-state index contributed by atoms with van der Waals surface area (Å²) in [6.45, 7) is 1.72. The minimum atomic E-state index is -0.435. The quantitative estimate of drug-likeness (QED) is 0.623. The van der Waals surface area contributed by atoms with Gasteiger partial charge in [0.05, 0.1) is 24.8 Å². The first-order chi connectivity index (χ1) is 12.6. The van der Waals surface area contributed by atoms with E-state index in [0.717, 1.165) is 28.1 Å². The fraction of sp³-hybridized carbons (Fsp3) is 0.200. The summed E-state index contributed by atoms with van der Waals surface area (Å²) < 4.78 is 0. The van der Waals surface area contributed by atoms with Crippen LogP contribution in [0.5, 0.6) is 0 Å². The largest absolute Gasteiger partial charge is 0.394 e. The summed E-state index contributed by atoms with van der Waals surface area (Å²) in [5.74, 6) is -0.174. The summed E-state index contributed by atoms with van der Waals surface area (Å²) in [6, 6.07) is 16.3. The molecule has 0 bridgehead atoms. The van der Waals surface area contributed by atoms with Crippen molar-refractivity contribution in [2.24, 2.45) is 0 Å². The van der Waals surface area contributed by atoms with Gasteiger partial charge in [0.2, 0.25) is 5.91 Å². The van der Waals surface area contributed by atoms with Crippen LogP contribution in [0.25, 0.3) is 11.3 Å². The summed E-state index contributed by atoms with van der Waals surface area (Å²) in [4.78, 5) is 12.6. The van der Waals surface area contributed by atoms with Crippen LogP contribution in [0.15, 0.2) is 54.6 Å². The van der Waals surface area contributed by atoms with Crippen molar-refractivity contribution in [2.45, 2.75) is 19.4 Å². The first-order valence-electron chi connectivity index (χ1n) is 8.33. The van der Waals surface area contributed by atoms with E-state index in [9.17, 15) is 9.90 Å². The number of aromatic nitrogens is 2. The monoisotopic (exact) mass is 369 g/mol. The molecule has 26 heavy (non-hydrogen) atoms. The minimum Gasteiger partial charge on any atom is -0.394 e. The van der Waals surface area contributed by atoms with E-state index in [2.05, 4.69) is 15.5 Å². The summed E-state index contributed by atoms with van der Waals surface area (Å²) in [5.41, 5.74) is 4.16. The van der Waals surface area contributed by atoms with Crippen LogP contribution in [-0.2, 0) is 11.2 Å². The number of aliphatic hydroxyl groups is 1. The molecule has 0 saturated carbocycles. The number of aryl methyl sites for hydroxylation is 1. The Balaban J connectivity index is 1.77. The lowest BCUT2D eigenvalue weighted by atomic mass is 10.0. The lowest BCUT2D eigenvalue weighted by Gasteiger charge is -2.17. The number of aromatic amines is 1. The van der Waals surface area contributed by atoms with Crippen molar-refractivity contribution in [3.8, 4) is 11.3 Å². The van der Waals surface area contributed by atoms with Gasteiger partial charge in [-0.15, -0.1) is 0 Å². The van der Waals surface area contributed by atoms with Crippen molar-refractivity contribution in [1.82, 2.24) is 15.5 Å². The van der Waals surface area contributed by atoms with E-state index in [1.807, 2.05) is 49.4 Å². The van der Waals surface area contributed by atoms with E-state index in [1.54, 1.807) is 12.1 Å². The van der Waals surface area contributed by atoms with E-state index in [1.165, 1.54) is 0 Å². The average molecular weight is 370 g/mol. The number of carbonyl (C=O) groups is 1. The molecule has 134 valence electrons. The highest BCUT2D eigenvalue weighted by Gasteiger charge is 2.18. The third kappa shape index (κ3) is 4.12. The maximum Gasteiger partial charge on any atom is 0.225 e. The number of nitrogens with zero attached hydrogens (tertiary/aromatic N) is 1. The minimum absolute atomic E-state index is 0.163. The number of hydrogen-bond donors (Lipinski definition) is 3. The van der Waals surface area contributed by atoms with Crippen molar-refractivity contribution < 1.29 is 9.90 Å². The van der Waals surface area contributed by atoms with Crippen molar-refractivity contribution in [3.63, 3.8) is 0 Å². The average Bonchev–Trinajstić information content (AvgIpc) is 3.01. The van der Waals surface area contributed by atoms with Gasteiger partial charge >= 0.3 is 0 Å². The number of benzene rings is 2. The molecule has 0 spiro atoms. The van der Waals surface area contributed by atoms with Crippen molar-refractivity contribution in [3.05, 3.63) is 76.4 Å². The fourth-order valence-electron chi connectivity index (χ4n) is 2.84. The van der Waals surface area contributed by atoms with Gasteiger partial charge in [0.1, 0.15) is 0 Å². The smallest absolute Gasteiger partial charge is 0.225 e. The second-order valence-corrected chi connectivity index (χ2v) is 6.51. The maximum atomic E-state index is 12.6. The molecule has 0 aliphatic heterocycles. The van der Waals surface area contributed by atoms with Crippen LogP contribution in [0.1, 0.15) is 22.9 Å². The summed E-state index contributed by atoms with van der Waals surface area (Å²) in [7, 11) is 0. The van der Waals surface area contributed by atoms with Gasteiger partial charge in [0, 0.05) is 21.8 Å². The normalized spacial score (nSPS) is 12.0. The molecule has 3 aromatic rings. The first-order valence-corrected chi connectivity index (χ1v) is 8.71. The van der Waals surface area contributed by atoms with Crippen LogP contribution in [0.3, 0.4) is 0 Å². The standard InChI is InChI=1S/C20H20ClN3O2/c1-13-17(20(24-23-13)15-7-9-16(21)10-8-15)11-19(26)22-18(12-25)14-5-3-2-4-6-14/h2-10,18,25H,11-12H2,1H3,(H,22,26)(H,23,24)/t18-/m0/s1. The van der Waals surface area contributed by atoms with E-state index >= 15 is 0 Å². The lowest BCUT2D eigenvalue weighted by molar-refractivity contribution is -0.121. The lowest BCUT2D eigenvalue weighted by Crippen LogP contribution is -2.32. The topological polar surface area (TPSA) is 78.0 Å². The molecule has 0 aliphatic carbocycles. The third-order valence-electron chi connectivity index (χ3n) is 4.25. The maximum absolute atomic E-state index is 12.6. The van der Waals surface area contributed by atoms with Gasteiger partial charge < -0.3 is 10.4 Å². The van der Waals surface area contributed by atoms with Gasteiger partial charge in [0.25, 0.3) is 0 Å². The first kappa shape index (κ1) is 18.2. The Hall–Kier alpha value is -2.63. The molecule has 6 heteroatoms. The second kappa shape index (κ2) is 8.17. The molecular weight excluding hydrogens is 350 g/mol. The number of hydrogen-bond acceptors (Lipinski definition) is 3. The Morgan fingerprint density at radius 3 is 2.54 bits per heavy atom. The summed E-state index contributed by atoms with van der Waals surface area (Å²) in [6.07, 6.45) is 0.170. The molecule has 3 N–H and O–H groups in total. The van der Waals surface area contributed by atoms with Crippen LogP contribution in [-0.4, -0.2) is 27.8 Å². The van der Waals surface area contributed by atoms with E-state index in [4.69, 9.17) is 11.6 Å². The molecule has 1 amide bonds.